The van der Waals surface area contributed by atoms with E-state index in [1.165, 1.54) is 24.1 Å². The van der Waals surface area contributed by atoms with Gasteiger partial charge < -0.3 is 9.80 Å². The average Bonchev–Trinajstić information content (AvgIpc) is 3.10. The number of hydrogen-bond donors (Lipinski definition) is 0. The predicted octanol–water partition coefficient (Wildman–Crippen LogP) is 1.28. The first-order chi connectivity index (χ1) is 11.7. The molecular formula is C17H24N6O. The minimum absolute atomic E-state index is 0.00372. The van der Waals surface area contributed by atoms with Gasteiger partial charge in [-0.3, -0.25) is 4.79 Å². The number of likely N-dealkylation sites (N-methyl/N-ethyl adjacent to an activating group) is 1. The number of rotatable bonds is 6. The Hall–Kier alpha value is -2.28. The second-order valence-corrected chi connectivity index (χ2v) is 6.23. The minimum atomic E-state index is 0.00372. The number of tetrazole rings is 1. The molecule has 1 aliphatic heterocycles. The van der Waals surface area contributed by atoms with Crippen LogP contribution >= 0.6 is 0 Å². The molecule has 2 heterocycles. The van der Waals surface area contributed by atoms with Crippen LogP contribution in [0, 0.1) is 0 Å². The van der Waals surface area contributed by atoms with Crippen LogP contribution in [-0.4, -0.2) is 69.1 Å². The summed E-state index contributed by atoms with van der Waals surface area (Å²) in [5.74, 6) is 0.545. The van der Waals surface area contributed by atoms with Crippen LogP contribution in [0.25, 0.3) is 11.4 Å². The molecule has 0 unspecified atom stereocenters. The van der Waals surface area contributed by atoms with Crippen molar-refractivity contribution in [3.8, 4) is 11.4 Å². The van der Waals surface area contributed by atoms with E-state index >= 15 is 0 Å². The lowest BCUT2D eigenvalue weighted by Gasteiger charge is -2.28. The summed E-state index contributed by atoms with van der Waals surface area (Å²) < 4.78 is 0. The molecule has 1 aromatic heterocycles. The third kappa shape index (κ3) is 4.38. The van der Waals surface area contributed by atoms with Crippen LogP contribution in [0.15, 0.2) is 30.3 Å². The zero-order valence-electron chi connectivity index (χ0n) is 14.1. The van der Waals surface area contributed by atoms with Gasteiger partial charge in [0.1, 0.15) is 6.54 Å². The largest absolute Gasteiger partial charge is 0.343 e. The first kappa shape index (κ1) is 16.6. The molecule has 3 rings (SSSR count). The standard InChI is InChI=1S/C17H24N6O/c1-21(12-13-22-10-6-3-7-11-22)16(24)14-23-19-17(18-20-23)15-8-4-2-5-9-15/h2,4-5,8-9H,3,6-7,10-14H2,1H3. The van der Waals surface area contributed by atoms with Crippen molar-refractivity contribution >= 4 is 5.91 Å². The molecule has 0 atom stereocenters. The zero-order valence-corrected chi connectivity index (χ0v) is 14.1. The SMILES string of the molecule is CN(CCN1CCCCC1)C(=O)Cn1nnc(-c2ccccc2)n1. The van der Waals surface area contributed by atoms with E-state index < -0.39 is 0 Å². The van der Waals surface area contributed by atoms with Crippen LogP contribution < -0.4 is 0 Å². The lowest BCUT2D eigenvalue weighted by molar-refractivity contribution is -0.131. The van der Waals surface area contributed by atoms with Crippen LogP contribution in [0.2, 0.25) is 0 Å². The number of nitrogens with zero attached hydrogens (tertiary/aromatic N) is 6. The molecule has 128 valence electrons. The third-order valence-corrected chi connectivity index (χ3v) is 4.39. The molecule has 0 spiro atoms. The quantitative estimate of drug-likeness (QED) is 0.799. The van der Waals surface area contributed by atoms with E-state index in [-0.39, 0.29) is 12.5 Å². The molecule has 24 heavy (non-hydrogen) atoms. The fraction of sp³-hybridized carbons (Fsp3) is 0.529. The van der Waals surface area contributed by atoms with Crippen LogP contribution in [-0.2, 0) is 11.3 Å². The summed E-state index contributed by atoms with van der Waals surface area (Å²) in [6, 6.07) is 9.64. The molecule has 1 amide bonds. The van der Waals surface area contributed by atoms with Crippen LogP contribution in [0.5, 0.6) is 0 Å². The van der Waals surface area contributed by atoms with Gasteiger partial charge in [-0.15, -0.1) is 10.2 Å². The molecule has 1 fully saturated rings. The van der Waals surface area contributed by atoms with Crippen LogP contribution in [0.1, 0.15) is 19.3 Å². The first-order valence-corrected chi connectivity index (χ1v) is 8.52. The van der Waals surface area contributed by atoms with Crippen LogP contribution in [0.3, 0.4) is 0 Å². The summed E-state index contributed by atoms with van der Waals surface area (Å²) >= 11 is 0. The number of piperidine rings is 1. The van der Waals surface area contributed by atoms with Gasteiger partial charge in [0, 0.05) is 25.7 Å². The van der Waals surface area contributed by atoms with Crippen molar-refractivity contribution in [2.24, 2.45) is 0 Å². The predicted molar refractivity (Wildman–Crippen MR) is 91.2 cm³/mol. The summed E-state index contributed by atoms with van der Waals surface area (Å²) in [6.45, 7) is 4.08. The summed E-state index contributed by atoms with van der Waals surface area (Å²) in [5.41, 5.74) is 0.898. The third-order valence-electron chi connectivity index (χ3n) is 4.39. The lowest BCUT2D eigenvalue weighted by atomic mass is 10.1. The normalized spacial score (nSPS) is 15.4. The zero-order chi connectivity index (χ0) is 16.8. The van der Waals surface area contributed by atoms with Crippen LogP contribution in [0.4, 0.5) is 0 Å². The van der Waals surface area contributed by atoms with Gasteiger partial charge in [-0.05, 0) is 31.1 Å². The Morgan fingerprint density at radius 1 is 1.17 bits per heavy atom. The molecule has 1 aromatic carbocycles. The summed E-state index contributed by atoms with van der Waals surface area (Å²) in [4.78, 5) is 17.8. The van der Waals surface area contributed by atoms with E-state index in [4.69, 9.17) is 0 Å². The van der Waals surface area contributed by atoms with Gasteiger partial charge in [0.15, 0.2) is 0 Å². The maximum absolute atomic E-state index is 12.3. The van der Waals surface area contributed by atoms with Gasteiger partial charge >= 0.3 is 0 Å². The average molecular weight is 328 g/mol. The van der Waals surface area contributed by atoms with Gasteiger partial charge in [0.05, 0.1) is 0 Å². The molecule has 0 radical (unpaired) electrons. The highest BCUT2D eigenvalue weighted by molar-refractivity contribution is 5.75. The fourth-order valence-electron chi connectivity index (χ4n) is 2.85. The van der Waals surface area contributed by atoms with Gasteiger partial charge in [-0.2, -0.15) is 4.80 Å². The molecule has 7 nitrogen and oxygen atoms in total. The maximum Gasteiger partial charge on any atom is 0.246 e. The van der Waals surface area contributed by atoms with E-state index in [9.17, 15) is 4.79 Å². The van der Waals surface area contributed by atoms with Gasteiger partial charge in [0.2, 0.25) is 11.7 Å². The number of likely N-dealkylation sites (tertiary alicyclic amines) is 1. The number of carbonyl (C=O) groups is 1. The molecule has 7 heteroatoms. The number of hydrogen-bond acceptors (Lipinski definition) is 5. The molecule has 0 aliphatic carbocycles. The molecule has 0 N–H and O–H groups in total. The highest BCUT2D eigenvalue weighted by Crippen LogP contribution is 2.12. The van der Waals surface area contributed by atoms with Crippen molar-refractivity contribution in [3.05, 3.63) is 30.3 Å². The Morgan fingerprint density at radius 2 is 1.92 bits per heavy atom. The fourth-order valence-corrected chi connectivity index (χ4v) is 2.85. The van der Waals surface area contributed by atoms with Crippen molar-refractivity contribution in [3.63, 3.8) is 0 Å². The second-order valence-electron chi connectivity index (χ2n) is 6.23. The van der Waals surface area contributed by atoms with E-state index in [0.717, 1.165) is 31.7 Å². The topological polar surface area (TPSA) is 67.2 Å². The highest BCUT2D eigenvalue weighted by atomic mass is 16.2. The Labute approximate surface area is 142 Å². The Bertz CT molecular complexity index is 650. The number of carbonyl (C=O) groups excluding carboxylic acids is 1. The monoisotopic (exact) mass is 328 g/mol. The highest BCUT2D eigenvalue weighted by Gasteiger charge is 2.15. The van der Waals surface area contributed by atoms with E-state index in [2.05, 4.69) is 20.3 Å². The number of amides is 1. The summed E-state index contributed by atoms with van der Waals surface area (Å²) in [7, 11) is 1.83. The molecule has 0 saturated carbocycles. The van der Waals surface area contributed by atoms with Gasteiger partial charge in [0.25, 0.3) is 0 Å². The van der Waals surface area contributed by atoms with E-state index in [1.807, 2.05) is 37.4 Å². The van der Waals surface area contributed by atoms with Gasteiger partial charge in [-0.25, -0.2) is 0 Å². The Balaban J connectivity index is 1.50. The molecule has 1 aliphatic rings. The molecular weight excluding hydrogens is 304 g/mol. The summed E-state index contributed by atoms with van der Waals surface area (Å²) in [5, 5.41) is 12.3. The van der Waals surface area contributed by atoms with Crippen molar-refractivity contribution in [2.75, 3.05) is 33.2 Å². The lowest BCUT2D eigenvalue weighted by Crippen LogP contribution is -2.39. The van der Waals surface area contributed by atoms with Gasteiger partial charge in [-0.1, -0.05) is 36.8 Å². The van der Waals surface area contributed by atoms with Crippen molar-refractivity contribution in [1.82, 2.24) is 30.0 Å². The Morgan fingerprint density at radius 3 is 2.67 bits per heavy atom. The van der Waals surface area contributed by atoms with Crippen molar-refractivity contribution in [2.45, 2.75) is 25.8 Å². The molecule has 1 saturated heterocycles. The second kappa shape index (κ2) is 8.01. The maximum atomic E-state index is 12.3. The number of aromatic nitrogens is 4. The first-order valence-electron chi connectivity index (χ1n) is 8.52. The van der Waals surface area contributed by atoms with Crippen molar-refractivity contribution in [1.29, 1.82) is 0 Å². The summed E-state index contributed by atoms with van der Waals surface area (Å²) in [6.07, 6.45) is 3.86. The van der Waals surface area contributed by atoms with E-state index in [0.29, 0.717) is 5.82 Å². The smallest absolute Gasteiger partial charge is 0.246 e. The number of benzene rings is 1. The van der Waals surface area contributed by atoms with E-state index in [1.54, 1.807) is 4.90 Å². The molecule has 2 aromatic rings. The Kier molecular flexibility index (Phi) is 5.53. The van der Waals surface area contributed by atoms with Crippen molar-refractivity contribution < 1.29 is 4.79 Å². The molecule has 0 bridgehead atoms. The minimum Gasteiger partial charge on any atom is -0.343 e.